The van der Waals surface area contributed by atoms with Crippen LogP contribution < -0.4 is 10.1 Å². The van der Waals surface area contributed by atoms with Crippen molar-refractivity contribution in [3.63, 3.8) is 0 Å². The van der Waals surface area contributed by atoms with Crippen LogP contribution in [-0.4, -0.2) is 41.8 Å². The van der Waals surface area contributed by atoms with Gasteiger partial charge in [0.1, 0.15) is 12.4 Å². The number of carboxylic acid groups (broad SMARTS) is 2. The summed E-state index contributed by atoms with van der Waals surface area (Å²) in [4.78, 5) is 19.1. The summed E-state index contributed by atoms with van der Waals surface area (Å²) >= 11 is 0. The summed E-state index contributed by atoms with van der Waals surface area (Å²) < 4.78 is 5.79. The van der Waals surface area contributed by atoms with Crippen molar-refractivity contribution in [3.8, 4) is 5.75 Å². The Balaban J connectivity index is 0.000000284. The van der Waals surface area contributed by atoms with Crippen molar-refractivity contribution in [2.45, 2.75) is 26.2 Å². The van der Waals surface area contributed by atoms with E-state index in [1.807, 2.05) is 0 Å². The van der Waals surface area contributed by atoms with E-state index in [2.05, 4.69) is 30.4 Å². The van der Waals surface area contributed by atoms with Crippen LogP contribution in [0.25, 0.3) is 0 Å². The van der Waals surface area contributed by atoms with E-state index in [0.29, 0.717) is 12.2 Å². The molecular weight excluding hydrogens is 298 g/mol. The zero-order valence-electron chi connectivity index (χ0n) is 13.2. The Morgan fingerprint density at radius 2 is 1.91 bits per heavy atom. The average molecular weight is 321 g/mol. The first-order valence-electron chi connectivity index (χ1n) is 7.62. The lowest BCUT2D eigenvalue weighted by atomic mass is 10.1. The number of fused-ring (bicyclic) bond motifs is 1. The van der Waals surface area contributed by atoms with E-state index >= 15 is 0 Å². The number of ether oxygens (including phenoxy) is 1. The predicted molar refractivity (Wildman–Crippen MR) is 86.9 cm³/mol. The first-order valence-corrected chi connectivity index (χ1v) is 7.62. The summed E-state index contributed by atoms with van der Waals surface area (Å²) in [5.41, 5.74) is 2.92. The van der Waals surface area contributed by atoms with E-state index in [1.165, 1.54) is 30.4 Å². The van der Waals surface area contributed by atoms with E-state index in [0.717, 1.165) is 25.4 Å². The van der Waals surface area contributed by atoms with Crippen molar-refractivity contribution in [1.82, 2.24) is 5.32 Å². The molecule has 6 heteroatoms. The van der Waals surface area contributed by atoms with E-state index < -0.39 is 11.9 Å². The Bertz CT molecular complexity index is 538. The van der Waals surface area contributed by atoms with Gasteiger partial charge >= 0.3 is 11.9 Å². The second-order valence-corrected chi connectivity index (χ2v) is 4.96. The standard InChI is InChI=1S/C13H19NO.C4H4O4/c1-2-14-9-10-15-13-8-4-6-11-5-3-7-12(11)13;5-3(6)1-2-4(7)8/h4,6,8,14H,2-3,5,7,9-10H2,1H3;1-2H,(H,5,6)(H,7,8). The first-order chi connectivity index (χ1) is 11.0. The van der Waals surface area contributed by atoms with Crippen molar-refractivity contribution >= 4 is 11.9 Å². The van der Waals surface area contributed by atoms with Gasteiger partial charge in [0.15, 0.2) is 0 Å². The maximum Gasteiger partial charge on any atom is 0.328 e. The van der Waals surface area contributed by atoms with E-state index in [9.17, 15) is 9.59 Å². The highest BCUT2D eigenvalue weighted by molar-refractivity contribution is 5.89. The van der Waals surface area contributed by atoms with Crippen LogP contribution in [-0.2, 0) is 22.4 Å². The van der Waals surface area contributed by atoms with Gasteiger partial charge < -0.3 is 20.3 Å². The molecule has 0 unspecified atom stereocenters. The smallest absolute Gasteiger partial charge is 0.328 e. The molecule has 0 saturated heterocycles. The number of hydrogen-bond acceptors (Lipinski definition) is 4. The number of carboxylic acids is 2. The molecule has 2 rings (SSSR count). The second kappa shape index (κ2) is 10.4. The molecule has 1 aliphatic rings. The molecule has 0 fully saturated rings. The molecule has 23 heavy (non-hydrogen) atoms. The van der Waals surface area contributed by atoms with Gasteiger partial charge in [-0.05, 0) is 43.0 Å². The minimum atomic E-state index is -1.26. The van der Waals surface area contributed by atoms with Gasteiger partial charge in [-0.25, -0.2) is 9.59 Å². The quantitative estimate of drug-likeness (QED) is 0.524. The third-order valence-corrected chi connectivity index (χ3v) is 3.26. The molecule has 6 nitrogen and oxygen atoms in total. The molecule has 0 aliphatic heterocycles. The van der Waals surface area contributed by atoms with Gasteiger partial charge in [0.2, 0.25) is 0 Å². The minimum Gasteiger partial charge on any atom is -0.492 e. The molecule has 0 amide bonds. The number of benzene rings is 1. The predicted octanol–water partition coefficient (Wildman–Crippen LogP) is 1.88. The lowest BCUT2D eigenvalue weighted by Gasteiger charge is -2.10. The number of nitrogens with one attached hydrogen (secondary N) is 1. The largest absolute Gasteiger partial charge is 0.492 e. The van der Waals surface area contributed by atoms with Crippen LogP contribution in [0.5, 0.6) is 5.75 Å². The van der Waals surface area contributed by atoms with Crippen molar-refractivity contribution in [2.75, 3.05) is 19.7 Å². The maximum absolute atomic E-state index is 9.55. The van der Waals surface area contributed by atoms with E-state index in [4.69, 9.17) is 14.9 Å². The lowest BCUT2D eigenvalue weighted by Crippen LogP contribution is -2.20. The number of carbonyl (C=O) groups is 2. The number of aliphatic carboxylic acids is 2. The summed E-state index contributed by atoms with van der Waals surface area (Å²) in [5.74, 6) is -1.41. The zero-order chi connectivity index (χ0) is 17.1. The van der Waals surface area contributed by atoms with Crippen LogP contribution >= 0.6 is 0 Å². The molecule has 0 heterocycles. The summed E-state index contributed by atoms with van der Waals surface area (Å²) in [6, 6.07) is 6.42. The topological polar surface area (TPSA) is 95.9 Å². The number of likely N-dealkylation sites (N-methyl/N-ethyl adjacent to an activating group) is 1. The van der Waals surface area contributed by atoms with E-state index in [1.54, 1.807) is 0 Å². The molecule has 0 aromatic heterocycles. The molecule has 0 bridgehead atoms. The van der Waals surface area contributed by atoms with Gasteiger partial charge in [-0.15, -0.1) is 0 Å². The van der Waals surface area contributed by atoms with Gasteiger partial charge in [0.05, 0.1) is 0 Å². The number of aryl methyl sites for hydroxylation is 1. The third-order valence-electron chi connectivity index (χ3n) is 3.26. The molecule has 126 valence electrons. The highest BCUT2D eigenvalue weighted by Gasteiger charge is 2.14. The fourth-order valence-corrected chi connectivity index (χ4v) is 2.27. The van der Waals surface area contributed by atoms with Gasteiger partial charge in [-0.2, -0.15) is 0 Å². The number of rotatable bonds is 7. The van der Waals surface area contributed by atoms with Crippen molar-refractivity contribution in [3.05, 3.63) is 41.5 Å². The maximum atomic E-state index is 9.55. The number of hydrogen-bond donors (Lipinski definition) is 3. The Morgan fingerprint density at radius 1 is 1.22 bits per heavy atom. The minimum absolute atomic E-state index is 0.558. The van der Waals surface area contributed by atoms with Crippen LogP contribution in [0.2, 0.25) is 0 Å². The van der Waals surface area contributed by atoms with Gasteiger partial charge in [0, 0.05) is 18.7 Å². The molecular formula is C17H23NO5. The van der Waals surface area contributed by atoms with Crippen molar-refractivity contribution < 1.29 is 24.5 Å². The SMILES string of the molecule is CCNCCOc1cccc2c1CCC2.O=C(O)C=CC(=O)O. The lowest BCUT2D eigenvalue weighted by molar-refractivity contribution is -0.134. The zero-order valence-corrected chi connectivity index (χ0v) is 13.2. The fraction of sp³-hybridized carbons (Fsp3) is 0.412. The van der Waals surface area contributed by atoms with Gasteiger partial charge in [-0.3, -0.25) is 0 Å². The molecule has 1 aliphatic carbocycles. The summed E-state index contributed by atoms with van der Waals surface area (Å²) in [6.07, 6.45) is 4.81. The van der Waals surface area contributed by atoms with Crippen LogP contribution in [0.1, 0.15) is 24.5 Å². The molecule has 0 spiro atoms. The molecule has 0 saturated carbocycles. The molecule has 0 radical (unpaired) electrons. The van der Waals surface area contributed by atoms with E-state index in [-0.39, 0.29) is 0 Å². The Kier molecular flexibility index (Phi) is 8.46. The molecule has 0 atom stereocenters. The van der Waals surface area contributed by atoms with Crippen LogP contribution in [0.4, 0.5) is 0 Å². The van der Waals surface area contributed by atoms with Crippen LogP contribution in [0, 0.1) is 0 Å². The summed E-state index contributed by atoms with van der Waals surface area (Å²) in [7, 11) is 0. The third kappa shape index (κ3) is 7.46. The van der Waals surface area contributed by atoms with Crippen LogP contribution in [0.3, 0.4) is 0 Å². The summed E-state index contributed by atoms with van der Waals surface area (Å²) in [5, 5.41) is 18.9. The molecule has 1 aromatic carbocycles. The first kappa shape index (κ1) is 18.7. The Hall–Kier alpha value is -2.34. The highest BCUT2D eigenvalue weighted by atomic mass is 16.5. The Labute approximate surface area is 135 Å². The average Bonchev–Trinajstić information content (AvgIpc) is 2.99. The van der Waals surface area contributed by atoms with Crippen molar-refractivity contribution in [2.24, 2.45) is 0 Å². The summed E-state index contributed by atoms with van der Waals surface area (Å²) in [6.45, 7) is 4.82. The van der Waals surface area contributed by atoms with Gasteiger partial charge in [-0.1, -0.05) is 19.1 Å². The normalized spacial score (nSPS) is 12.4. The fourth-order valence-electron chi connectivity index (χ4n) is 2.27. The highest BCUT2D eigenvalue weighted by Crippen LogP contribution is 2.30. The van der Waals surface area contributed by atoms with Crippen molar-refractivity contribution in [1.29, 1.82) is 0 Å². The van der Waals surface area contributed by atoms with Crippen LogP contribution in [0.15, 0.2) is 30.4 Å². The molecule has 1 aromatic rings. The molecule has 3 N–H and O–H groups in total. The van der Waals surface area contributed by atoms with Gasteiger partial charge in [0.25, 0.3) is 0 Å². The second-order valence-electron chi connectivity index (χ2n) is 4.96. The Morgan fingerprint density at radius 3 is 2.52 bits per heavy atom. The monoisotopic (exact) mass is 321 g/mol.